The number of aromatic nitrogens is 2. The van der Waals surface area contributed by atoms with Crippen molar-refractivity contribution in [2.75, 3.05) is 6.54 Å². The third kappa shape index (κ3) is 3.53. The fraction of sp³-hybridized carbons (Fsp3) is 0.500. The number of aromatic amines is 1. The van der Waals surface area contributed by atoms with Gasteiger partial charge in [-0.05, 0) is 12.0 Å². The molecule has 0 aromatic carbocycles. The number of hydrogen-bond donors (Lipinski definition) is 2. The van der Waals surface area contributed by atoms with E-state index >= 15 is 0 Å². The minimum Gasteiger partial charge on any atom is -0.350 e. The van der Waals surface area contributed by atoms with E-state index < -0.39 is 0 Å². The predicted molar refractivity (Wildman–Crippen MR) is 56.6 cm³/mol. The number of amides is 1. The van der Waals surface area contributed by atoms with Gasteiger partial charge in [0.2, 0.25) is 0 Å². The number of nitrogens with zero attached hydrogens (tertiary/aromatic N) is 1. The van der Waals surface area contributed by atoms with Gasteiger partial charge >= 0.3 is 0 Å². The molecule has 0 fully saturated rings. The number of carbonyl (C=O) groups excluding carboxylic acids is 1. The van der Waals surface area contributed by atoms with Crippen molar-refractivity contribution in [1.29, 1.82) is 0 Å². The van der Waals surface area contributed by atoms with Crippen molar-refractivity contribution in [2.24, 2.45) is 5.92 Å². The summed E-state index contributed by atoms with van der Waals surface area (Å²) in [7, 11) is 0. The van der Waals surface area contributed by atoms with E-state index in [1.54, 1.807) is 0 Å². The van der Waals surface area contributed by atoms with Gasteiger partial charge in [-0.25, -0.2) is 5.10 Å². The van der Waals surface area contributed by atoms with Gasteiger partial charge in [-0.1, -0.05) is 20.3 Å². The molecule has 1 atom stereocenters. The van der Waals surface area contributed by atoms with Gasteiger partial charge in [-0.15, -0.1) is 0 Å². The molecule has 15 heavy (non-hydrogen) atoms. The highest BCUT2D eigenvalue weighted by molar-refractivity contribution is 5.91. The average Bonchev–Trinajstić information content (AvgIpc) is 2.26. The number of carbonyl (C=O) groups is 1. The van der Waals surface area contributed by atoms with E-state index in [1.807, 2.05) is 0 Å². The fourth-order valence-electron chi connectivity index (χ4n) is 0.973. The van der Waals surface area contributed by atoms with E-state index in [4.69, 9.17) is 0 Å². The van der Waals surface area contributed by atoms with Crippen LogP contribution in [0.3, 0.4) is 0 Å². The van der Waals surface area contributed by atoms with E-state index in [1.165, 1.54) is 12.1 Å². The van der Waals surface area contributed by atoms with Crippen LogP contribution in [0.2, 0.25) is 0 Å². The molecule has 82 valence electrons. The van der Waals surface area contributed by atoms with Crippen molar-refractivity contribution in [3.63, 3.8) is 0 Å². The molecular formula is C10H15N3O2. The second-order valence-corrected chi connectivity index (χ2v) is 3.53. The van der Waals surface area contributed by atoms with E-state index in [-0.39, 0.29) is 17.2 Å². The summed E-state index contributed by atoms with van der Waals surface area (Å²) in [6.07, 6.45) is 1.01. The largest absolute Gasteiger partial charge is 0.350 e. The van der Waals surface area contributed by atoms with Crippen molar-refractivity contribution in [3.8, 4) is 0 Å². The summed E-state index contributed by atoms with van der Waals surface area (Å²) in [4.78, 5) is 22.2. The van der Waals surface area contributed by atoms with E-state index in [0.717, 1.165) is 6.42 Å². The summed E-state index contributed by atoms with van der Waals surface area (Å²) in [6, 6.07) is 2.69. The first-order valence-electron chi connectivity index (χ1n) is 4.97. The van der Waals surface area contributed by atoms with E-state index in [9.17, 15) is 9.59 Å². The molecule has 1 amide bonds. The highest BCUT2D eigenvalue weighted by atomic mass is 16.2. The summed E-state index contributed by atoms with van der Waals surface area (Å²) in [6.45, 7) is 4.74. The van der Waals surface area contributed by atoms with Crippen molar-refractivity contribution in [3.05, 3.63) is 28.2 Å². The van der Waals surface area contributed by atoms with Crippen molar-refractivity contribution >= 4 is 5.91 Å². The Hall–Kier alpha value is -1.65. The maximum atomic E-state index is 11.5. The monoisotopic (exact) mass is 209 g/mol. The fourth-order valence-corrected chi connectivity index (χ4v) is 0.973. The van der Waals surface area contributed by atoms with Crippen molar-refractivity contribution in [2.45, 2.75) is 20.3 Å². The highest BCUT2D eigenvalue weighted by Gasteiger charge is 2.07. The Morgan fingerprint density at radius 2 is 2.33 bits per heavy atom. The minimum atomic E-state index is -0.312. The highest BCUT2D eigenvalue weighted by Crippen LogP contribution is 1.98. The average molecular weight is 209 g/mol. The maximum Gasteiger partial charge on any atom is 0.271 e. The molecule has 1 rings (SSSR count). The van der Waals surface area contributed by atoms with Gasteiger partial charge in [0.05, 0.1) is 0 Å². The summed E-state index contributed by atoms with van der Waals surface area (Å²) in [5.74, 6) is 0.184. The Balaban J connectivity index is 2.54. The second kappa shape index (κ2) is 5.29. The molecular weight excluding hydrogens is 194 g/mol. The Morgan fingerprint density at radius 3 is 2.87 bits per heavy atom. The molecule has 0 spiro atoms. The van der Waals surface area contributed by atoms with Crippen LogP contribution >= 0.6 is 0 Å². The molecule has 1 aromatic rings. The molecule has 1 unspecified atom stereocenters. The first kappa shape index (κ1) is 11.4. The predicted octanol–water partition coefficient (Wildman–Crippen LogP) is 0.546. The van der Waals surface area contributed by atoms with E-state index in [0.29, 0.717) is 12.5 Å². The lowest BCUT2D eigenvalue weighted by molar-refractivity contribution is 0.0941. The molecule has 1 heterocycles. The summed E-state index contributed by atoms with van der Waals surface area (Å²) < 4.78 is 0. The van der Waals surface area contributed by atoms with Gasteiger partial charge < -0.3 is 5.32 Å². The van der Waals surface area contributed by atoms with Crippen LogP contribution in [0.15, 0.2) is 16.9 Å². The third-order valence-electron chi connectivity index (χ3n) is 2.22. The standard InChI is InChI=1S/C10H15N3O2/c1-3-7(2)6-11-10(15)8-4-5-9(14)13-12-8/h4-5,7H,3,6H2,1-2H3,(H,11,15)(H,13,14). The molecule has 5 heteroatoms. The lowest BCUT2D eigenvalue weighted by atomic mass is 10.1. The Morgan fingerprint density at radius 1 is 1.60 bits per heavy atom. The van der Waals surface area contributed by atoms with Crippen LogP contribution in [0.25, 0.3) is 0 Å². The molecule has 0 radical (unpaired) electrons. The zero-order valence-electron chi connectivity index (χ0n) is 8.91. The third-order valence-corrected chi connectivity index (χ3v) is 2.22. The van der Waals surface area contributed by atoms with Gasteiger partial charge in [0, 0.05) is 12.6 Å². The van der Waals surface area contributed by atoms with Gasteiger partial charge in [-0.2, -0.15) is 5.10 Å². The summed E-state index contributed by atoms with van der Waals surface area (Å²) in [5, 5.41) is 8.59. The molecule has 0 saturated heterocycles. The lowest BCUT2D eigenvalue weighted by Gasteiger charge is -2.09. The Bertz CT molecular complexity index is 366. The van der Waals surface area contributed by atoms with Crippen LogP contribution in [0.5, 0.6) is 0 Å². The van der Waals surface area contributed by atoms with Crippen LogP contribution in [0.1, 0.15) is 30.8 Å². The molecule has 0 aliphatic rings. The minimum absolute atomic E-state index is 0.234. The topological polar surface area (TPSA) is 74.8 Å². The SMILES string of the molecule is CCC(C)CNC(=O)c1ccc(=O)[nH]n1. The van der Waals surface area contributed by atoms with Crippen LogP contribution in [0, 0.1) is 5.92 Å². The van der Waals surface area contributed by atoms with Gasteiger partial charge in [-0.3, -0.25) is 9.59 Å². The summed E-state index contributed by atoms with van der Waals surface area (Å²) >= 11 is 0. The number of nitrogens with one attached hydrogen (secondary N) is 2. The smallest absolute Gasteiger partial charge is 0.271 e. The molecule has 0 bridgehead atoms. The Kier molecular flexibility index (Phi) is 4.03. The van der Waals surface area contributed by atoms with Crippen LogP contribution < -0.4 is 10.9 Å². The molecule has 0 aliphatic carbocycles. The van der Waals surface area contributed by atoms with E-state index in [2.05, 4.69) is 29.4 Å². The first-order valence-corrected chi connectivity index (χ1v) is 4.97. The zero-order valence-corrected chi connectivity index (χ0v) is 8.91. The van der Waals surface area contributed by atoms with Gasteiger partial charge in [0.1, 0.15) is 5.69 Å². The number of hydrogen-bond acceptors (Lipinski definition) is 3. The van der Waals surface area contributed by atoms with Crippen molar-refractivity contribution in [1.82, 2.24) is 15.5 Å². The second-order valence-electron chi connectivity index (χ2n) is 3.53. The number of rotatable bonds is 4. The molecule has 5 nitrogen and oxygen atoms in total. The van der Waals surface area contributed by atoms with Crippen LogP contribution in [-0.4, -0.2) is 22.6 Å². The lowest BCUT2D eigenvalue weighted by Crippen LogP contribution is -2.29. The molecule has 0 aliphatic heterocycles. The molecule has 2 N–H and O–H groups in total. The molecule has 1 aromatic heterocycles. The van der Waals surface area contributed by atoms with Crippen molar-refractivity contribution < 1.29 is 4.79 Å². The number of H-pyrrole nitrogens is 1. The van der Waals surface area contributed by atoms with Crippen LogP contribution in [-0.2, 0) is 0 Å². The molecule has 0 saturated carbocycles. The van der Waals surface area contributed by atoms with Crippen LogP contribution in [0.4, 0.5) is 0 Å². The quantitative estimate of drug-likeness (QED) is 0.760. The summed E-state index contributed by atoms with van der Waals surface area (Å²) in [5.41, 5.74) is -0.0774. The first-order chi connectivity index (χ1) is 7.13. The normalized spacial score (nSPS) is 12.1. The Labute approximate surface area is 87.9 Å². The van der Waals surface area contributed by atoms with Gasteiger partial charge in [0.25, 0.3) is 11.5 Å². The zero-order chi connectivity index (χ0) is 11.3. The van der Waals surface area contributed by atoms with Gasteiger partial charge in [0.15, 0.2) is 0 Å². The maximum absolute atomic E-state index is 11.5.